The van der Waals surface area contributed by atoms with E-state index in [4.69, 9.17) is 9.72 Å². The summed E-state index contributed by atoms with van der Waals surface area (Å²) in [4.78, 5) is 55.2. The van der Waals surface area contributed by atoms with Gasteiger partial charge in [0.15, 0.2) is 0 Å². The lowest BCUT2D eigenvalue weighted by Gasteiger charge is -2.22. The molecular weight excluding hydrogens is 536 g/mol. The summed E-state index contributed by atoms with van der Waals surface area (Å²) in [5.41, 5.74) is 1.31. The topological polar surface area (TPSA) is 135 Å². The van der Waals surface area contributed by atoms with Gasteiger partial charge in [-0.2, -0.15) is 4.98 Å². The molecule has 2 aliphatic carbocycles. The van der Waals surface area contributed by atoms with Gasteiger partial charge in [0.1, 0.15) is 22.8 Å². The number of alkyl carbamates (subject to hydrolysis) is 1. The molecule has 12 heteroatoms. The highest BCUT2D eigenvalue weighted by Crippen LogP contribution is 2.46. The number of carbonyl (C=O) groups is 3. The highest BCUT2D eigenvalue weighted by Gasteiger charge is 2.57. The van der Waals surface area contributed by atoms with Gasteiger partial charge in [-0.15, -0.1) is 0 Å². The Kier molecular flexibility index (Phi) is 7.02. The van der Waals surface area contributed by atoms with Gasteiger partial charge < -0.3 is 29.7 Å². The molecule has 12 nitrogen and oxygen atoms in total. The van der Waals surface area contributed by atoms with Gasteiger partial charge in [-0.3, -0.25) is 9.59 Å². The van der Waals surface area contributed by atoms with Crippen molar-refractivity contribution in [1.82, 2.24) is 34.6 Å². The molecular formula is C30H38N8O4. The molecule has 0 unspecified atom stereocenters. The summed E-state index contributed by atoms with van der Waals surface area (Å²) in [5.74, 6) is 1.25. The zero-order valence-electron chi connectivity index (χ0n) is 24.8. The van der Waals surface area contributed by atoms with Crippen LogP contribution in [0, 0.1) is 11.8 Å². The minimum Gasteiger partial charge on any atom is -0.444 e. The van der Waals surface area contributed by atoms with E-state index in [0.717, 1.165) is 36.7 Å². The number of piperidine rings is 1. The van der Waals surface area contributed by atoms with Crippen LogP contribution in [0.1, 0.15) is 73.3 Å². The lowest BCUT2D eigenvalue weighted by molar-refractivity contribution is 0.0513. The summed E-state index contributed by atoms with van der Waals surface area (Å²) >= 11 is 0. The van der Waals surface area contributed by atoms with E-state index >= 15 is 0 Å². The van der Waals surface area contributed by atoms with Crippen LogP contribution in [-0.4, -0.2) is 86.1 Å². The van der Waals surface area contributed by atoms with E-state index in [-0.39, 0.29) is 35.7 Å². The SMILES string of the molecule is CN(C)C(=O)c1cc2cnc(Nc3ccc(C(=O)N4C[C@@H]5[C@H](C4)[C@H]5NC(=O)OC(C)(C)C)cn3)nc2n1C1CCCC1. The van der Waals surface area contributed by atoms with E-state index in [1.165, 1.54) is 0 Å². The lowest BCUT2D eigenvalue weighted by atomic mass is 10.2. The quantitative estimate of drug-likeness (QED) is 0.452. The van der Waals surface area contributed by atoms with E-state index in [0.29, 0.717) is 36.1 Å². The Morgan fingerprint density at radius 3 is 2.36 bits per heavy atom. The predicted octanol–water partition coefficient (Wildman–Crippen LogP) is 3.98. The van der Waals surface area contributed by atoms with Crippen LogP contribution >= 0.6 is 0 Å². The second kappa shape index (κ2) is 10.6. The van der Waals surface area contributed by atoms with Crippen molar-refractivity contribution < 1.29 is 19.1 Å². The Hall–Kier alpha value is -4.22. The number of amides is 3. The van der Waals surface area contributed by atoms with Gasteiger partial charge in [-0.25, -0.2) is 14.8 Å². The number of ether oxygens (including phenoxy) is 1. The Morgan fingerprint density at radius 2 is 1.74 bits per heavy atom. The molecule has 42 heavy (non-hydrogen) atoms. The molecule has 0 aromatic carbocycles. The van der Waals surface area contributed by atoms with Crippen LogP contribution in [0.3, 0.4) is 0 Å². The predicted molar refractivity (Wildman–Crippen MR) is 157 cm³/mol. The van der Waals surface area contributed by atoms with Crippen LogP contribution in [0.4, 0.5) is 16.6 Å². The first-order valence-electron chi connectivity index (χ1n) is 14.6. The number of nitrogens with one attached hydrogen (secondary N) is 2. The van der Waals surface area contributed by atoms with Gasteiger partial charge in [0.25, 0.3) is 11.8 Å². The number of nitrogens with zero attached hydrogens (tertiary/aromatic N) is 6. The van der Waals surface area contributed by atoms with E-state index < -0.39 is 11.7 Å². The molecule has 0 spiro atoms. The van der Waals surface area contributed by atoms with Crippen LogP contribution in [0.15, 0.2) is 30.6 Å². The number of carbonyl (C=O) groups excluding carboxylic acids is 3. The normalized spacial score (nSPS) is 21.7. The van der Waals surface area contributed by atoms with Crippen molar-refractivity contribution in [3.63, 3.8) is 0 Å². The first-order chi connectivity index (χ1) is 20.0. The molecule has 2 N–H and O–H groups in total. The second-order valence-corrected chi connectivity index (χ2v) is 12.8. The minimum absolute atomic E-state index is 0.0535. The average Bonchev–Trinajstić information content (AvgIpc) is 3.42. The third kappa shape index (κ3) is 5.49. The molecule has 3 amide bonds. The van der Waals surface area contributed by atoms with E-state index in [9.17, 15) is 14.4 Å². The van der Waals surface area contributed by atoms with Gasteiger partial charge in [-0.1, -0.05) is 12.8 Å². The summed E-state index contributed by atoms with van der Waals surface area (Å²) in [5, 5.41) is 6.90. The zero-order valence-corrected chi connectivity index (χ0v) is 24.8. The fourth-order valence-corrected chi connectivity index (χ4v) is 6.24. The lowest BCUT2D eigenvalue weighted by Crippen LogP contribution is -2.39. The Labute approximate surface area is 244 Å². The van der Waals surface area contributed by atoms with Crippen molar-refractivity contribution >= 4 is 40.7 Å². The Balaban J connectivity index is 1.10. The number of aromatic nitrogens is 4. The molecule has 3 fully saturated rings. The highest BCUT2D eigenvalue weighted by atomic mass is 16.6. The van der Waals surface area contributed by atoms with Crippen LogP contribution in [0.2, 0.25) is 0 Å². The summed E-state index contributed by atoms with van der Waals surface area (Å²) in [6.45, 7) is 6.69. The monoisotopic (exact) mass is 574 g/mol. The second-order valence-electron chi connectivity index (χ2n) is 12.8. The molecule has 222 valence electrons. The number of rotatable bonds is 6. The summed E-state index contributed by atoms with van der Waals surface area (Å²) in [6, 6.07) is 5.63. The standard InChI is InChI=1S/C30H38N8O4/c1-30(2,3)42-29(41)34-24-20-15-37(16-21(20)24)26(39)17-10-11-23(31-13-17)33-28-32-14-18-12-22(27(40)36(4)5)38(25(18)35-28)19-8-6-7-9-19/h10-14,19-21,24H,6-9,15-16H2,1-5H3,(H,34,41)(H,31,32,33,35)/t20-,21+,24+. The molecule has 1 saturated heterocycles. The van der Waals surface area contributed by atoms with Gasteiger partial charge in [0.2, 0.25) is 5.95 Å². The summed E-state index contributed by atoms with van der Waals surface area (Å²) in [7, 11) is 3.51. The van der Waals surface area contributed by atoms with E-state index in [2.05, 4.69) is 25.2 Å². The molecule has 0 bridgehead atoms. The number of pyridine rings is 1. The molecule has 0 radical (unpaired) electrons. The van der Waals surface area contributed by atoms with Gasteiger partial charge in [0, 0.05) is 68.9 Å². The van der Waals surface area contributed by atoms with Crippen LogP contribution in [0.25, 0.3) is 11.0 Å². The first kappa shape index (κ1) is 27.9. The number of hydrogen-bond acceptors (Lipinski definition) is 8. The van der Waals surface area contributed by atoms with Crippen LogP contribution in [0.5, 0.6) is 0 Å². The smallest absolute Gasteiger partial charge is 0.407 e. The Bertz CT molecular complexity index is 1510. The number of likely N-dealkylation sites (tertiary alicyclic amines) is 1. The van der Waals surface area contributed by atoms with Crippen molar-refractivity contribution in [2.75, 3.05) is 32.5 Å². The molecule has 3 aromatic heterocycles. The van der Waals surface area contributed by atoms with Crippen LogP contribution in [-0.2, 0) is 4.74 Å². The van der Waals surface area contributed by atoms with Crippen molar-refractivity contribution in [2.45, 2.75) is 64.1 Å². The fraction of sp³-hybridized carbons (Fsp3) is 0.533. The Morgan fingerprint density at radius 1 is 1.02 bits per heavy atom. The molecule has 3 atom stereocenters. The van der Waals surface area contributed by atoms with Crippen molar-refractivity contribution in [3.8, 4) is 0 Å². The van der Waals surface area contributed by atoms with Crippen LogP contribution < -0.4 is 10.6 Å². The molecule has 6 rings (SSSR count). The van der Waals surface area contributed by atoms with Gasteiger partial charge in [-0.05, 0) is 51.8 Å². The number of fused-ring (bicyclic) bond motifs is 2. The third-order valence-electron chi connectivity index (χ3n) is 8.31. The third-order valence-corrected chi connectivity index (χ3v) is 8.31. The molecule has 1 aliphatic heterocycles. The largest absolute Gasteiger partial charge is 0.444 e. The molecule has 4 heterocycles. The first-order valence-corrected chi connectivity index (χ1v) is 14.6. The maximum Gasteiger partial charge on any atom is 0.407 e. The fourth-order valence-electron chi connectivity index (χ4n) is 6.24. The molecule has 3 aromatic rings. The van der Waals surface area contributed by atoms with E-state index in [1.807, 2.05) is 31.7 Å². The minimum atomic E-state index is -0.542. The summed E-state index contributed by atoms with van der Waals surface area (Å²) < 4.78 is 7.42. The molecule has 3 aliphatic rings. The highest BCUT2D eigenvalue weighted by molar-refractivity contribution is 5.98. The number of anilines is 2. The van der Waals surface area contributed by atoms with Crippen molar-refractivity contribution in [1.29, 1.82) is 0 Å². The summed E-state index contributed by atoms with van der Waals surface area (Å²) in [6.07, 6.45) is 7.16. The number of hydrogen-bond donors (Lipinski definition) is 2. The van der Waals surface area contributed by atoms with Crippen molar-refractivity contribution in [3.05, 3.63) is 41.9 Å². The van der Waals surface area contributed by atoms with E-state index in [1.54, 1.807) is 43.5 Å². The zero-order chi connectivity index (χ0) is 29.8. The molecule has 2 saturated carbocycles. The van der Waals surface area contributed by atoms with Crippen molar-refractivity contribution in [2.24, 2.45) is 11.8 Å². The average molecular weight is 575 g/mol. The maximum absolute atomic E-state index is 13.1. The van der Waals surface area contributed by atoms with Gasteiger partial charge >= 0.3 is 6.09 Å². The van der Waals surface area contributed by atoms with Gasteiger partial charge in [0.05, 0.1) is 5.56 Å². The maximum atomic E-state index is 13.1.